The number of benzene rings is 2. The van der Waals surface area contributed by atoms with Gasteiger partial charge in [-0.2, -0.15) is 0 Å². The van der Waals surface area contributed by atoms with Crippen LogP contribution in [0, 0.1) is 5.92 Å². The van der Waals surface area contributed by atoms with Gasteiger partial charge in [-0.15, -0.1) is 0 Å². The van der Waals surface area contributed by atoms with E-state index in [1.54, 1.807) is 29.2 Å². The molecule has 1 aliphatic rings. The van der Waals surface area contributed by atoms with Crippen molar-refractivity contribution in [1.29, 1.82) is 0 Å². The second kappa shape index (κ2) is 8.13. The van der Waals surface area contributed by atoms with Crippen LogP contribution >= 0.6 is 11.6 Å². The molecule has 150 valence electrons. The topological polar surface area (TPSA) is 98.1 Å². The van der Waals surface area contributed by atoms with E-state index in [1.165, 1.54) is 0 Å². The van der Waals surface area contributed by atoms with Gasteiger partial charge in [0.15, 0.2) is 0 Å². The van der Waals surface area contributed by atoms with Crippen LogP contribution in [0.25, 0.3) is 11.0 Å². The summed E-state index contributed by atoms with van der Waals surface area (Å²) in [6.45, 7) is 1.44. The highest BCUT2D eigenvalue weighted by atomic mass is 35.5. The Labute approximate surface area is 172 Å². The van der Waals surface area contributed by atoms with Crippen LogP contribution in [0.3, 0.4) is 0 Å². The minimum atomic E-state index is -0.251. The van der Waals surface area contributed by atoms with Gasteiger partial charge in [-0.25, -0.2) is 4.79 Å². The quantitative estimate of drug-likeness (QED) is 0.614. The van der Waals surface area contributed by atoms with E-state index in [0.29, 0.717) is 48.6 Å². The molecule has 29 heavy (non-hydrogen) atoms. The number of fused-ring (bicyclic) bond motifs is 1. The Morgan fingerprint density at radius 3 is 2.55 bits per heavy atom. The molecule has 3 aromatic rings. The van der Waals surface area contributed by atoms with E-state index in [-0.39, 0.29) is 23.4 Å². The van der Waals surface area contributed by atoms with Crippen LogP contribution in [0.1, 0.15) is 28.8 Å². The lowest BCUT2D eigenvalue weighted by Gasteiger charge is -2.31. The first-order chi connectivity index (χ1) is 14.0. The molecule has 8 heteroatoms. The maximum absolute atomic E-state index is 12.6. The molecule has 2 amide bonds. The fourth-order valence-electron chi connectivity index (χ4n) is 3.67. The van der Waals surface area contributed by atoms with Crippen molar-refractivity contribution in [2.24, 2.45) is 5.92 Å². The molecule has 0 radical (unpaired) electrons. The number of aromatic amines is 2. The highest BCUT2D eigenvalue weighted by Gasteiger charge is 2.28. The predicted octanol–water partition coefficient (Wildman–Crippen LogP) is 2.68. The summed E-state index contributed by atoms with van der Waals surface area (Å²) in [7, 11) is 0. The zero-order chi connectivity index (χ0) is 20.4. The largest absolute Gasteiger partial charge is 0.352 e. The standard InChI is InChI=1S/C21H21ClN4O3/c22-16-4-2-1-3-15(16)20(28)26-9-7-14(8-10-26)19(27)23-12-13-5-6-17-18(11-13)25-21(29)24-17/h1-6,11,14H,7-10,12H2,(H,23,27)(H2,24,25,29). The first-order valence-electron chi connectivity index (χ1n) is 9.54. The van der Waals surface area contributed by atoms with Crippen molar-refractivity contribution < 1.29 is 9.59 Å². The molecular formula is C21H21ClN4O3. The molecule has 0 spiro atoms. The zero-order valence-corrected chi connectivity index (χ0v) is 16.5. The number of carbonyl (C=O) groups is 2. The van der Waals surface area contributed by atoms with Gasteiger partial charge in [0.1, 0.15) is 0 Å². The normalized spacial score (nSPS) is 14.9. The molecule has 0 atom stereocenters. The Morgan fingerprint density at radius 2 is 1.79 bits per heavy atom. The van der Waals surface area contributed by atoms with Gasteiger partial charge in [0.25, 0.3) is 5.91 Å². The molecule has 0 aliphatic carbocycles. The van der Waals surface area contributed by atoms with Gasteiger partial charge in [-0.05, 0) is 42.7 Å². The van der Waals surface area contributed by atoms with Crippen LogP contribution in [-0.2, 0) is 11.3 Å². The van der Waals surface area contributed by atoms with Crippen LogP contribution in [0.5, 0.6) is 0 Å². The minimum Gasteiger partial charge on any atom is -0.352 e. The molecule has 3 N–H and O–H groups in total. The maximum atomic E-state index is 12.6. The van der Waals surface area contributed by atoms with Crippen LogP contribution in [-0.4, -0.2) is 39.8 Å². The number of likely N-dealkylation sites (tertiary alicyclic amines) is 1. The summed E-state index contributed by atoms with van der Waals surface area (Å²) < 4.78 is 0. The summed E-state index contributed by atoms with van der Waals surface area (Å²) in [5.41, 5.74) is 2.61. The highest BCUT2D eigenvalue weighted by molar-refractivity contribution is 6.33. The van der Waals surface area contributed by atoms with E-state index in [0.717, 1.165) is 11.1 Å². The number of nitrogens with one attached hydrogen (secondary N) is 3. The van der Waals surface area contributed by atoms with E-state index in [4.69, 9.17) is 11.6 Å². The third-order valence-corrected chi connectivity index (χ3v) is 5.63. The van der Waals surface area contributed by atoms with E-state index < -0.39 is 0 Å². The highest BCUT2D eigenvalue weighted by Crippen LogP contribution is 2.22. The molecule has 1 aliphatic heterocycles. The number of hydrogen-bond acceptors (Lipinski definition) is 3. The van der Waals surface area contributed by atoms with Crippen LogP contribution in [0.15, 0.2) is 47.3 Å². The lowest BCUT2D eigenvalue weighted by Crippen LogP contribution is -2.43. The number of H-pyrrole nitrogens is 2. The number of imidazole rings is 1. The molecule has 1 aromatic heterocycles. The van der Waals surface area contributed by atoms with Crippen molar-refractivity contribution in [2.75, 3.05) is 13.1 Å². The lowest BCUT2D eigenvalue weighted by atomic mass is 9.95. The smallest absolute Gasteiger partial charge is 0.323 e. The zero-order valence-electron chi connectivity index (χ0n) is 15.7. The van der Waals surface area contributed by atoms with Gasteiger partial charge in [-0.3, -0.25) is 9.59 Å². The molecule has 0 saturated carbocycles. The number of amides is 2. The number of hydrogen-bond donors (Lipinski definition) is 3. The lowest BCUT2D eigenvalue weighted by molar-refractivity contribution is -0.126. The second-order valence-electron chi connectivity index (χ2n) is 7.22. The third kappa shape index (κ3) is 4.19. The summed E-state index contributed by atoms with van der Waals surface area (Å²) in [6, 6.07) is 12.5. The summed E-state index contributed by atoms with van der Waals surface area (Å²) >= 11 is 6.12. The fourth-order valence-corrected chi connectivity index (χ4v) is 3.89. The predicted molar refractivity (Wildman–Crippen MR) is 111 cm³/mol. The molecule has 1 fully saturated rings. The van der Waals surface area contributed by atoms with Gasteiger partial charge >= 0.3 is 5.69 Å². The van der Waals surface area contributed by atoms with Crippen molar-refractivity contribution >= 4 is 34.4 Å². The average molecular weight is 413 g/mol. The molecule has 4 rings (SSSR count). The monoisotopic (exact) mass is 412 g/mol. The van der Waals surface area contributed by atoms with Crippen molar-refractivity contribution in [3.05, 3.63) is 69.1 Å². The third-order valence-electron chi connectivity index (χ3n) is 5.30. The number of piperidine rings is 1. The van der Waals surface area contributed by atoms with Gasteiger partial charge < -0.3 is 20.2 Å². The molecule has 2 heterocycles. The van der Waals surface area contributed by atoms with E-state index in [2.05, 4.69) is 15.3 Å². The number of rotatable bonds is 4. The summed E-state index contributed by atoms with van der Waals surface area (Å²) in [4.78, 5) is 43.7. The summed E-state index contributed by atoms with van der Waals surface area (Å²) in [6.07, 6.45) is 1.23. The SMILES string of the molecule is O=C(NCc1ccc2[nH]c(=O)[nH]c2c1)C1CCN(C(=O)c2ccccc2Cl)CC1. The summed E-state index contributed by atoms with van der Waals surface area (Å²) in [5, 5.41) is 3.40. The van der Waals surface area contributed by atoms with Crippen molar-refractivity contribution in [1.82, 2.24) is 20.2 Å². The molecule has 2 aromatic carbocycles. The molecule has 7 nitrogen and oxygen atoms in total. The second-order valence-corrected chi connectivity index (χ2v) is 7.63. The van der Waals surface area contributed by atoms with Gasteiger partial charge in [0.2, 0.25) is 5.91 Å². The molecule has 0 bridgehead atoms. The van der Waals surface area contributed by atoms with E-state index in [1.807, 2.05) is 18.2 Å². The first kappa shape index (κ1) is 19.3. The summed E-state index contributed by atoms with van der Waals surface area (Å²) in [5.74, 6) is -0.234. The van der Waals surface area contributed by atoms with Crippen LogP contribution < -0.4 is 11.0 Å². The maximum Gasteiger partial charge on any atom is 0.323 e. The Kier molecular flexibility index (Phi) is 5.40. The minimum absolute atomic E-state index is 0.0162. The van der Waals surface area contributed by atoms with Crippen LogP contribution in [0.4, 0.5) is 0 Å². The fraction of sp³-hybridized carbons (Fsp3) is 0.286. The molecule has 1 saturated heterocycles. The van der Waals surface area contributed by atoms with Gasteiger partial charge in [-0.1, -0.05) is 29.8 Å². The van der Waals surface area contributed by atoms with Crippen LogP contribution in [0.2, 0.25) is 5.02 Å². The Hall–Kier alpha value is -3.06. The number of aromatic nitrogens is 2. The molecule has 0 unspecified atom stereocenters. The van der Waals surface area contributed by atoms with Crippen molar-refractivity contribution in [2.45, 2.75) is 19.4 Å². The van der Waals surface area contributed by atoms with Gasteiger partial charge in [0, 0.05) is 25.6 Å². The van der Waals surface area contributed by atoms with E-state index in [9.17, 15) is 14.4 Å². The molecular weight excluding hydrogens is 392 g/mol. The Balaban J connectivity index is 1.31. The Morgan fingerprint density at radius 1 is 1.07 bits per heavy atom. The Bertz CT molecular complexity index is 1110. The average Bonchev–Trinajstić information content (AvgIpc) is 3.11. The van der Waals surface area contributed by atoms with Gasteiger partial charge in [0.05, 0.1) is 21.6 Å². The number of halogens is 1. The van der Waals surface area contributed by atoms with E-state index >= 15 is 0 Å². The van der Waals surface area contributed by atoms with Crippen molar-refractivity contribution in [3.63, 3.8) is 0 Å². The first-order valence-corrected chi connectivity index (χ1v) is 9.91. The van der Waals surface area contributed by atoms with Crippen molar-refractivity contribution in [3.8, 4) is 0 Å². The number of nitrogens with zero attached hydrogens (tertiary/aromatic N) is 1. The number of carbonyl (C=O) groups excluding carboxylic acids is 2.